The molecule has 6 nitrogen and oxygen atoms in total. The molecule has 0 radical (unpaired) electrons. The number of nitrogens with zero attached hydrogens (tertiary/aromatic N) is 3. The van der Waals surface area contributed by atoms with E-state index in [2.05, 4.69) is 24.9 Å². The molecule has 0 aliphatic carbocycles. The van der Waals surface area contributed by atoms with Crippen molar-refractivity contribution in [3.05, 3.63) is 35.3 Å². The maximum Gasteiger partial charge on any atom is 0.348 e. The molecule has 0 aromatic carbocycles. The lowest BCUT2D eigenvalue weighted by Gasteiger charge is -2.01. The van der Waals surface area contributed by atoms with Crippen molar-refractivity contribution >= 4 is 17.6 Å². The van der Waals surface area contributed by atoms with Crippen molar-refractivity contribution in [3.8, 4) is 5.88 Å². The zero-order chi connectivity index (χ0) is 11.5. The Hall–Kier alpha value is -2.02. The van der Waals surface area contributed by atoms with Gasteiger partial charge in [-0.1, -0.05) is 0 Å². The fourth-order valence-corrected chi connectivity index (χ4v) is 1.04. The van der Waals surface area contributed by atoms with Gasteiger partial charge in [0.1, 0.15) is 0 Å². The predicted molar refractivity (Wildman–Crippen MR) is 50.5 cm³/mol. The average Bonchev–Trinajstić information content (AvgIpc) is 2.76. The van der Waals surface area contributed by atoms with E-state index in [1.165, 1.54) is 12.4 Å². The summed E-state index contributed by atoms with van der Waals surface area (Å²) in [7, 11) is 0. The van der Waals surface area contributed by atoms with Crippen molar-refractivity contribution in [3.63, 3.8) is 0 Å². The van der Waals surface area contributed by atoms with E-state index in [1.807, 2.05) is 0 Å². The van der Waals surface area contributed by atoms with E-state index in [1.54, 1.807) is 0 Å². The number of halogens is 2. The molecule has 16 heavy (non-hydrogen) atoms. The molecule has 2 rings (SSSR count). The summed E-state index contributed by atoms with van der Waals surface area (Å²) in [5.74, 6) is -2.19. The number of hydrogen-bond donors (Lipinski definition) is 1. The molecule has 2 aromatic heterocycles. The Balaban J connectivity index is 2.21. The van der Waals surface area contributed by atoms with Gasteiger partial charge in [0.2, 0.25) is 11.1 Å². The van der Waals surface area contributed by atoms with Gasteiger partial charge in [-0.3, -0.25) is 5.10 Å². The second-order valence-corrected chi connectivity index (χ2v) is 3.01. The number of ether oxygens (including phenoxy) is 1. The maximum absolute atomic E-state index is 13.1. The van der Waals surface area contributed by atoms with Crippen LogP contribution in [0.5, 0.6) is 5.88 Å². The van der Waals surface area contributed by atoms with Gasteiger partial charge in [-0.2, -0.15) is 14.5 Å². The van der Waals surface area contributed by atoms with E-state index in [-0.39, 0.29) is 10.8 Å². The first-order valence-corrected chi connectivity index (χ1v) is 4.43. The van der Waals surface area contributed by atoms with Crippen molar-refractivity contribution in [2.24, 2.45) is 0 Å². The normalized spacial score (nSPS) is 10.1. The third-order valence-corrected chi connectivity index (χ3v) is 1.79. The maximum atomic E-state index is 13.1. The summed E-state index contributed by atoms with van der Waals surface area (Å²) in [4.78, 5) is 18.2. The number of carbonyl (C=O) groups excluding carboxylic acids is 1. The van der Waals surface area contributed by atoms with Gasteiger partial charge in [0.15, 0.2) is 0 Å². The molecule has 2 heterocycles. The number of hydrogen-bond acceptors (Lipinski definition) is 5. The Kier molecular flexibility index (Phi) is 2.78. The van der Waals surface area contributed by atoms with Gasteiger partial charge in [-0.25, -0.2) is 9.78 Å². The van der Waals surface area contributed by atoms with Crippen LogP contribution in [0.1, 0.15) is 10.4 Å². The summed E-state index contributed by atoms with van der Waals surface area (Å²) in [6.45, 7) is 0. The molecule has 0 saturated heterocycles. The Morgan fingerprint density at radius 1 is 1.50 bits per heavy atom. The highest BCUT2D eigenvalue weighted by atomic mass is 35.5. The molecule has 8 heteroatoms. The predicted octanol–water partition coefficient (Wildman–Crippen LogP) is 1.21. The number of nitrogens with one attached hydrogen (secondary N) is 1. The second kappa shape index (κ2) is 4.23. The van der Waals surface area contributed by atoms with Gasteiger partial charge in [-0.05, 0) is 11.6 Å². The van der Waals surface area contributed by atoms with Gasteiger partial charge in [-0.15, -0.1) is 0 Å². The highest BCUT2D eigenvalue weighted by Crippen LogP contribution is 2.15. The van der Waals surface area contributed by atoms with Gasteiger partial charge in [0, 0.05) is 6.20 Å². The summed E-state index contributed by atoms with van der Waals surface area (Å²) >= 11 is 5.43. The molecular weight excluding hydrogens is 239 g/mol. The van der Waals surface area contributed by atoms with Crippen LogP contribution in [0.2, 0.25) is 5.28 Å². The van der Waals surface area contributed by atoms with Crippen molar-refractivity contribution in [2.75, 3.05) is 0 Å². The van der Waals surface area contributed by atoms with Crippen LogP contribution in [0.15, 0.2) is 18.6 Å². The molecule has 0 aliphatic rings. The van der Waals surface area contributed by atoms with Crippen molar-refractivity contribution in [2.45, 2.75) is 0 Å². The lowest BCUT2D eigenvalue weighted by atomic mass is 10.4. The standard InChI is InChI=1S/C8H4ClFN4O2/c9-8-11-3-5(10)6(14-8)16-7(15)4-1-12-13-2-4/h1-3H,(H,12,13). The lowest BCUT2D eigenvalue weighted by molar-refractivity contribution is 0.0719. The average molecular weight is 243 g/mol. The summed E-state index contributed by atoms with van der Waals surface area (Å²) in [5.41, 5.74) is 0.147. The van der Waals surface area contributed by atoms with Crippen molar-refractivity contribution in [1.29, 1.82) is 0 Å². The molecule has 2 aromatic rings. The van der Waals surface area contributed by atoms with Crippen LogP contribution in [-0.2, 0) is 0 Å². The summed E-state index contributed by atoms with van der Waals surface area (Å²) in [6, 6.07) is 0. The molecule has 82 valence electrons. The number of carbonyl (C=O) groups is 1. The quantitative estimate of drug-likeness (QED) is 0.632. The number of esters is 1. The minimum atomic E-state index is -0.874. The fraction of sp³-hybridized carbons (Fsp3) is 0. The number of H-pyrrole nitrogens is 1. The van der Waals surface area contributed by atoms with E-state index >= 15 is 0 Å². The van der Waals surface area contributed by atoms with Crippen LogP contribution in [0, 0.1) is 5.82 Å². The topological polar surface area (TPSA) is 80.8 Å². The van der Waals surface area contributed by atoms with Gasteiger partial charge >= 0.3 is 5.97 Å². The first-order valence-electron chi connectivity index (χ1n) is 4.06. The van der Waals surface area contributed by atoms with E-state index in [9.17, 15) is 9.18 Å². The zero-order valence-corrected chi connectivity index (χ0v) is 8.40. The molecule has 0 bridgehead atoms. The molecule has 0 saturated carbocycles. The third-order valence-electron chi connectivity index (χ3n) is 1.61. The van der Waals surface area contributed by atoms with Crippen LogP contribution >= 0.6 is 11.6 Å². The van der Waals surface area contributed by atoms with Crippen LogP contribution in [0.25, 0.3) is 0 Å². The van der Waals surface area contributed by atoms with Crippen LogP contribution in [0.3, 0.4) is 0 Å². The molecule has 0 atom stereocenters. The third kappa shape index (κ3) is 2.14. The van der Waals surface area contributed by atoms with Gasteiger partial charge < -0.3 is 4.74 Å². The zero-order valence-electron chi connectivity index (χ0n) is 7.65. The monoisotopic (exact) mass is 242 g/mol. The fourth-order valence-electron chi connectivity index (χ4n) is 0.912. The molecule has 0 aliphatic heterocycles. The van der Waals surface area contributed by atoms with Crippen molar-refractivity contribution < 1.29 is 13.9 Å². The lowest BCUT2D eigenvalue weighted by Crippen LogP contribution is -2.10. The molecule has 0 amide bonds. The van der Waals surface area contributed by atoms with Gasteiger partial charge in [0.05, 0.1) is 18.0 Å². The summed E-state index contributed by atoms with van der Waals surface area (Å²) in [5, 5.41) is 5.75. The summed E-state index contributed by atoms with van der Waals surface area (Å²) in [6.07, 6.45) is 3.36. The smallest absolute Gasteiger partial charge is 0.348 e. The Morgan fingerprint density at radius 3 is 3.00 bits per heavy atom. The number of aromatic amines is 1. The highest BCUT2D eigenvalue weighted by Gasteiger charge is 2.14. The molecule has 0 spiro atoms. The molecule has 1 N–H and O–H groups in total. The number of rotatable bonds is 2. The first kappa shape index (κ1) is 10.5. The van der Waals surface area contributed by atoms with Gasteiger partial charge in [0.25, 0.3) is 5.88 Å². The Labute approximate surface area is 93.4 Å². The molecule has 0 fully saturated rings. The molecular formula is C8H4ClFN4O2. The van der Waals surface area contributed by atoms with Crippen LogP contribution in [-0.4, -0.2) is 26.1 Å². The largest absolute Gasteiger partial charge is 0.400 e. The number of aromatic nitrogens is 4. The summed E-state index contributed by atoms with van der Waals surface area (Å²) < 4.78 is 17.7. The second-order valence-electron chi connectivity index (χ2n) is 2.67. The van der Waals surface area contributed by atoms with E-state index < -0.39 is 17.7 Å². The van der Waals surface area contributed by atoms with Crippen LogP contribution in [0.4, 0.5) is 4.39 Å². The first-order chi connectivity index (χ1) is 7.66. The van der Waals surface area contributed by atoms with E-state index in [4.69, 9.17) is 11.6 Å². The van der Waals surface area contributed by atoms with Crippen LogP contribution < -0.4 is 4.74 Å². The van der Waals surface area contributed by atoms with E-state index in [0.717, 1.165) is 6.20 Å². The Bertz CT molecular complexity index is 517. The minimum Gasteiger partial charge on any atom is -0.400 e. The SMILES string of the molecule is O=C(Oc1nc(Cl)ncc1F)c1cn[nH]c1. The van der Waals surface area contributed by atoms with E-state index in [0.29, 0.717) is 0 Å². The molecule has 0 unspecified atom stereocenters. The highest BCUT2D eigenvalue weighted by molar-refractivity contribution is 6.28. The van der Waals surface area contributed by atoms with Crippen molar-refractivity contribution in [1.82, 2.24) is 20.2 Å². The minimum absolute atomic E-state index is 0.147. The Morgan fingerprint density at radius 2 is 2.31 bits per heavy atom.